The Morgan fingerprint density at radius 3 is 2.26 bits per heavy atom. The number of hydrogen-bond acceptors (Lipinski definition) is 6. The first-order chi connectivity index (χ1) is 17.8. The van der Waals surface area contributed by atoms with E-state index in [4.69, 9.17) is 5.73 Å². The number of amides is 1. The second-order valence-electron chi connectivity index (χ2n) is 11.3. The third kappa shape index (κ3) is 8.30. The third-order valence-corrected chi connectivity index (χ3v) is 6.15. The Hall–Kier alpha value is -3.94. The van der Waals surface area contributed by atoms with Gasteiger partial charge in [0.25, 0.3) is 0 Å². The van der Waals surface area contributed by atoms with Gasteiger partial charge < -0.3 is 21.7 Å². The fraction of sp³-hybridized carbons (Fsp3) is 0.367. The average molecular weight is 519 g/mol. The standard InChI is InChI=1S/C30H39FN6O/c1-20(33-15-16-34-28(38)18-29(2,3)4)24-17-21(7-12-25(24)32)26-13-14-27(37-36-26)35-19-30(5,6)22-8-10-23(31)11-9-22/h7-14,17,33H,1,15-16,18-19,32H2,2-6H3,(H,34,38)(H,35,37). The SMILES string of the molecule is C=C(NCCNC(=O)CC(C)(C)C)c1cc(-c2ccc(NCC(C)(C)c3ccc(F)cc3)nn2)ccc1N. The Morgan fingerprint density at radius 1 is 0.947 bits per heavy atom. The zero-order valence-corrected chi connectivity index (χ0v) is 23.0. The Bertz CT molecular complexity index is 1250. The van der Waals surface area contributed by atoms with Crippen LogP contribution in [0.3, 0.4) is 0 Å². The fourth-order valence-electron chi connectivity index (χ4n) is 3.93. The Morgan fingerprint density at radius 2 is 1.63 bits per heavy atom. The van der Waals surface area contributed by atoms with Crippen LogP contribution in [0.4, 0.5) is 15.9 Å². The van der Waals surface area contributed by atoms with Crippen LogP contribution in [0.25, 0.3) is 17.0 Å². The fourth-order valence-corrected chi connectivity index (χ4v) is 3.93. The lowest BCUT2D eigenvalue weighted by molar-refractivity contribution is -0.122. The average Bonchev–Trinajstić information content (AvgIpc) is 2.85. The van der Waals surface area contributed by atoms with E-state index in [0.717, 1.165) is 16.7 Å². The van der Waals surface area contributed by atoms with Crippen LogP contribution in [-0.4, -0.2) is 35.7 Å². The summed E-state index contributed by atoms with van der Waals surface area (Å²) >= 11 is 0. The largest absolute Gasteiger partial charge is 0.398 e. The molecule has 7 nitrogen and oxygen atoms in total. The number of nitrogen functional groups attached to an aromatic ring is 1. The first-order valence-electron chi connectivity index (χ1n) is 12.8. The van der Waals surface area contributed by atoms with E-state index in [9.17, 15) is 9.18 Å². The molecular weight excluding hydrogens is 479 g/mol. The molecule has 5 N–H and O–H groups in total. The number of hydrogen-bond donors (Lipinski definition) is 4. The molecule has 0 unspecified atom stereocenters. The number of halogens is 1. The van der Waals surface area contributed by atoms with Gasteiger partial charge in [0.05, 0.1) is 5.69 Å². The van der Waals surface area contributed by atoms with E-state index in [1.807, 2.05) is 51.1 Å². The maximum atomic E-state index is 13.3. The predicted molar refractivity (Wildman–Crippen MR) is 154 cm³/mol. The molecule has 3 rings (SSSR count). The van der Waals surface area contributed by atoms with Gasteiger partial charge in [-0.15, -0.1) is 10.2 Å². The highest BCUT2D eigenvalue weighted by Crippen LogP contribution is 2.27. The molecule has 0 atom stereocenters. The van der Waals surface area contributed by atoms with Crippen molar-refractivity contribution in [1.29, 1.82) is 0 Å². The molecule has 0 saturated heterocycles. The summed E-state index contributed by atoms with van der Waals surface area (Å²) in [6.45, 7) is 16.0. The number of benzene rings is 2. The first-order valence-corrected chi connectivity index (χ1v) is 12.8. The van der Waals surface area contributed by atoms with Crippen LogP contribution in [0, 0.1) is 11.2 Å². The molecule has 1 amide bonds. The van der Waals surface area contributed by atoms with Gasteiger partial charge in [0.15, 0.2) is 0 Å². The van der Waals surface area contributed by atoms with Gasteiger partial charge >= 0.3 is 0 Å². The minimum atomic E-state index is -0.246. The molecule has 0 aliphatic carbocycles. The number of nitrogens with two attached hydrogens (primary N) is 1. The van der Waals surface area contributed by atoms with E-state index < -0.39 is 0 Å². The maximum absolute atomic E-state index is 13.3. The second-order valence-corrected chi connectivity index (χ2v) is 11.3. The van der Waals surface area contributed by atoms with Gasteiger partial charge in [-0.05, 0) is 47.4 Å². The van der Waals surface area contributed by atoms with Gasteiger partial charge in [-0.3, -0.25) is 4.79 Å². The summed E-state index contributed by atoms with van der Waals surface area (Å²) in [6, 6.07) is 16.0. The van der Waals surface area contributed by atoms with Crippen molar-refractivity contribution in [3.63, 3.8) is 0 Å². The molecule has 8 heteroatoms. The van der Waals surface area contributed by atoms with E-state index in [1.54, 1.807) is 12.1 Å². The number of aromatic nitrogens is 2. The highest BCUT2D eigenvalue weighted by molar-refractivity contribution is 5.78. The van der Waals surface area contributed by atoms with Crippen LogP contribution < -0.4 is 21.7 Å². The summed E-state index contributed by atoms with van der Waals surface area (Å²) in [5.74, 6) is 0.436. The van der Waals surface area contributed by atoms with Gasteiger partial charge in [-0.2, -0.15) is 0 Å². The molecule has 3 aromatic rings. The summed E-state index contributed by atoms with van der Waals surface area (Å²) < 4.78 is 13.3. The first kappa shape index (κ1) is 28.6. The Labute approximate surface area is 225 Å². The molecule has 0 saturated carbocycles. The van der Waals surface area contributed by atoms with Crippen molar-refractivity contribution in [1.82, 2.24) is 20.8 Å². The summed E-state index contributed by atoms with van der Waals surface area (Å²) in [5, 5.41) is 18.2. The number of anilines is 2. The molecule has 1 aromatic heterocycles. The Kier molecular flexibility index (Phi) is 9.09. The summed E-state index contributed by atoms with van der Waals surface area (Å²) in [7, 11) is 0. The van der Waals surface area contributed by atoms with Gasteiger partial charge in [0.1, 0.15) is 11.6 Å². The number of rotatable bonds is 11. The van der Waals surface area contributed by atoms with Gasteiger partial charge in [0, 0.05) is 54.0 Å². The molecule has 38 heavy (non-hydrogen) atoms. The van der Waals surface area contributed by atoms with Crippen LogP contribution >= 0.6 is 0 Å². The molecule has 0 fully saturated rings. The van der Waals surface area contributed by atoms with Crippen LogP contribution in [0.1, 0.15) is 52.2 Å². The van der Waals surface area contributed by atoms with Crippen molar-refractivity contribution >= 4 is 23.1 Å². The number of nitrogens with one attached hydrogen (secondary N) is 3. The van der Waals surface area contributed by atoms with E-state index in [2.05, 4.69) is 46.6 Å². The lowest BCUT2D eigenvalue weighted by atomic mass is 9.84. The smallest absolute Gasteiger partial charge is 0.220 e. The lowest BCUT2D eigenvalue weighted by Crippen LogP contribution is -2.33. The van der Waals surface area contributed by atoms with E-state index >= 15 is 0 Å². The Balaban J connectivity index is 1.58. The molecule has 0 aliphatic heterocycles. The van der Waals surface area contributed by atoms with E-state index in [1.165, 1.54) is 12.1 Å². The summed E-state index contributed by atoms with van der Waals surface area (Å²) in [4.78, 5) is 12.0. The molecule has 0 radical (unpaired) electrons. The zero-order chi connectivity index (χ0) is 27.9. The predicted octanol–water partition coefficient (Wildman–Crippen LogP) is 5.37. The van der Waals surface area contributed by atoms with E-state index in [-0.39, 0.29) is 22.6 Å². The summed E-state index contributed by atoms with van der Waals surface area (Å²) in [6.07, 6.45) is 0.476. The molecular formula is C30H39FN6O. The molecule has 1 heterocycles. The molecule has 2 aromatic carbocycles. The highest BCUT2D eigenvalue weighted by Gasteiger charge is 2.21. The molecule has 0 bridgehead atoms. The lowest BCUT2D eigenvalue weighted by Gasteiger charge is -2.25. The molecule has 202 valence electrons. The quantitative estimate of drug-likeness (QED) is 0.201. The number of carbonyl (C=O) groups excluding carboxylic acids is 1. The van der Waals surface area contributed by atoms with Crippen molar-refractivity contribution < 1.29 is 9.18 Å². The monoisotopic (exact) mass is 518 g/mol. The van der Waals surface area contributed by atoms with E-state index in [0.29, 0.717) is 49.0 Å². The van der Waals surface area contributed by atoms with Crippen molar-refractivity contribution in [3.8, 4) is 11.3 Å². The topological polar surface area (TPSA) is 105 Å². The second kappa shape index (κ2) is 12.1. The van der Waals surface area contributed by atoms with Crippen molar-refractivity contribution in [2.45, 2.75) is 46.5 Å². The van der Waals surface area contributed by atoms with Gasteiger partial charge in [-0.1, -0.05) is 59.4 Å². The zero-order valence-electron chi connectivity index (χ0n) is 23.0. The van der Waals surface area contributed by atoms with Crippen molar-refractivity contribution in [3.05, 3.63) is 78.1 Å². The minimum Gasteiger partial charge on any atom is -0.398 e. The number of nitrogens with zero attached hydrogens (tertiary/aromatic N) is 2. The third-order valence-electron chi connectivity index (χ3n) is 6.15. The summed E-state index contributed by atoms with van der Waals surface area (Å²) in [5.41, 5.74) is 10.6. The van der Waals surface area contributed by atoms with Crippen LogP contribution in [0.15, 0.2) is 61.2 Å². The molecule has 0 aliphatic rings. The van der Waals surface area contributed by atoms with Crippen LogP contribution in [0.2, 0.25) is 0 Å². The maximum Gasteiger partial charge on any atom is 0.220 e. The van der Waals surface area contributed by atoms with Gasteiger partial charge in [-0.25, -0.2) is 4.39 Å². The normalized spacial score (nSPS) is 11.6. The highest BCUT2D eigenvalue weighted by atomic mass is 19.1. The molecule has 0 spiro atoms. The van der Waals surface area contributed by atoms with Crippen LogP contribution in [0.5, 0.6) is 0 Å². The van der Waals surface area contributed by atoms with Crippen LogP contribution in [-0.2, 0) is 10.2 Å². The van der Waals surface area contributed by atoms with Crippen molar-refractivity contribution in [2.75, 3.05) is 30.7 Å². The van der Waals surface area contributed by atoms with Crippen molar-refractivity contribution in [2.24, 2.45) is 5.41 Å². The minimum absolute atomic E-state index is 0.0296. The number of carbonyl (C=O) groups is 1. The van der Waals surface area contributed by atoms with Gasteiger partial charge in [0.2, 0.25) is 5.91 Å².